The number of hydrogen-bond donors (Lipinski definition) is 11. The molecule has 41 heteroatoms. The van der Waals surface area contributed by atoms with Gasteiger partial charge in [-0.15, -0.1) is 0 Å². The van der Waals surface area contributed by atoms with Crippen LogP contribution in [0.4, 0.5) is 55.7 Å². The Hall–Kier alpha value is -5.98. The van der Waals surface area contributed by atoms with Crippen LogP contribution < -0.4 is 61.0 Å². The van der Waals surface area contributed by atoms with Gasteiger partial charge in [-0.3, -0.25) is 29.0 Å². The number of benzene rings is 3. The van der Waals surface area contributed by atoms with E-state index in [0.29, 0.717) is 137 Å². The molecule has 2 aliphatic heterocycles. The molecule has 106 heavy (non-hydrogen) atoms. The van der Waals surface area contributed by atoms with Crippen molar-refractivity contribution in [2.45, 2.75) is 61.4 Å². The van der Waals surface area contributed by atoms with Gasteiger partial charge < -0.3 is 78.2 Å². The summed E-state index contributed by atoms with van der Waals surface area (Å²) in [6, 6.07) is 20.2. The van der Waals surface area contributed by atoms with E-state index in [-0.39, 0.29) is 74.0 Å². The Morgan fingerprint density at radius 3 is 1.26 bits per heavy atom. The Morgan fingerprint density at radius 2 is 0.896 bits per heavy atom. The van der Waals surface area contributed by atoms with Crippen LogP contribution in [0, 0.1) is 26.2 Å². The normalized spacial score (nSPS) is 12.5. The number of carbonyl (C=O) groups is 4. The van der Waals surface area contributed by atoms with Crippen LogP contribution in [0.3, 0.4) is 0 Å². The van der Waals surface area contributed by atoms with Gasteiger partial charge in [0, 0.05) is 138 Å². The van der Waals surface area contributed by atoms with Crippen molar-refractivity contribution in [3.05, 3.63) is 166 Å². The summed E-state index contributed by atoms with van der Waals surface area (Å²) >= 11 is 38.1. The summed E-state index contributed by atoms with van der Waals surface area (Å²) in [6.45, 7) is 19.7. The van der Waals surface area contributed by atoms with Gasteiger partial charge in [0.15, 0.2) is 15.4 Å². The number of carbonyl (C=O) groups excluding carboxylic acids is 4. The van der Waals surface area contributed by atoms with Crippen LogP contribution in [0.5, 0.6) is 0 Å². The number of thiazole rings is 3. The zero-order valence-corrected chi connectivity index (χ0v) is 68.8. The molecule has 3 aromatic carbocycles. The van der Waals surface area contributed by atoms with E-state index < -0.39 is 11.3 Å². The smallest absolute Gasteiger partial charge is 0.870 e. The number of aryl methyl sites for hydroxylation is 3. The molecule has 11 rings (SSSR count). The van der Waals surface area contributed by atoms with Gasteiger partial charge in [0.25, 0.3) is 17.7 Å². The maximum Gasteiger partial charge on any atom is 1.00 e. The monoisotopic (exact) mass is 1830 g/mol. The number of anilines is 10. The first-order valence-electron chi connectivity index (χ1n) is 31.4. The van der Waals surface area contributed by atoms with Gasteiger partial charge in [-0.1, -0.05) is 128 Å². The number of halogens is 7. The summed E-state index contributed by atoms with van der Waals surface area (Å²) in [5, 5.41) is 60.3. The Morgan fingerprint density at radius 1 is 0.538 bits per heavy atom. The van der Waals surface area contributed by atoms with Crippen molar-refractivity contribution >= 4 is 209 Å². The van der Waals surface area contributed by atoms with Crippen LogP contribution in [0.25, 0.3) is 0 Å². The molecular formula is C65H77Cl5I2LiN19O11S3. The number of hydrogen-bond acceptors (Lipinski definition) is 29. The molecule has 0 radical (unpaired) electrons. The Kier molecular flexibility index (Phi) is 40.5. The number of ether oxygens (including phenoxy) is 1. The summed E-state index contributed by atoms with van der Waals surface area (Å²) in [7, 11) is 0. The Balaban J connectivity index is 0.000000311. The van der Waals surface area contributed by atoms with Crippen LogP contribution >= 0.6 is 129 Å². The van der Waals surface area contributed by atoms with Gasteiger partial charge in [0.2, 0.25) is 0 Å². The van der Waals surface area contributed by atoms with Crippen LogP contribution in [-0.2, 0) is 29.4 Å². The molecule has 30 nitrogen and oxygen atoms in total. The number of nitrogens with zero attached hydrogens (tertiary/aromatic N) is 12. The molecule has 6 aromatic heterocycles. The second-order valence-corrected chi connectivity index (χ2v) is 28.2. The van der Waals surface area contributed by atoms with E-state index in [1.165, 1.54) is 29.9 Å². The minimum Gasteiger partial charge on any atom is -0.870 e. The molecule has 2 saturated heterocycles. The van der Waals surface area contributed by atoms with Crippen molar-refractivity contribution in [1.29, 1.82) is 0 Å². The molecule has 9 aromatic rings. The SMILES string of the molecule is Cc1nc(Cl)cc(Nc2ncc(C(=O)Nc3c(Cl)cccc3CO)s2)n1.Cc1nc(Cl)cc(Nc2ncc(C(=O)Nc3c(Cl)cccc3COC(=O)C(C)(C)C)s2)n1.Cc1nc(Nc2ncc(C(=O)Nc3c(Cl)cccc3CO)s2)cc(N2CCN(CCO)CC2)n1.II.O.OCCN1CCNCC1.[Li+].[OH-]. The number of β-amino-alcohol motifs (C(OH)–C–C–N with tert-alkyl or cyclic N) is 2. The number of amides is 3. The van der Waals surface area contributed by atoms with Gasteiger partial charge in [-0.2, -0.15) is 0 Å². The van der Waals surface area contributed by atoms with Crippen LogP contribution in [0.1, 0.15) is 83.9 Å². The number of aliphatic hydroxyl groups is 4. The van der Waals surface area contributed by atoms with Crippen molar-refractivity contribution in [3.63, 3.8) is 0 Å². The first-order chi connectivity index (χ1) is 49.4. The number of esters is 1. The average Bonchev–Trinajstić information content (AvgIpc) is 1.41. The first-order valence-corrected chi connectivity index (χ1v) is 42.0. The third-order valence-electron chi connectivity index (χ3n) is 14.4. The van der Waals surface area contributed by atoms with E-state index in [0.717, 1.165) is 87.4 Å². The van der Waals surface area contributed by atoms with Crippen molar-refractivity contribution in [2.75, 3.05) is 115 Å². The van der Waals surface area contributed by atoms with Gasteiger partial charge in [-0.05, 0) is 59.7 Å². The topological polar surface area (TPSA) is 430 Å². The van der Waals surface area contributed by atoms with Crippen molar-refractivity contribution in [2.24, 2.45) is 5.41 Å². The van der Waals surface area contributed by atoms with Gasteiger partial charge in [0.05, 0.1) is 82.6 Å². The molecule has 3 amide bonds. The van der Waals surface area contributed by atoms with Gasteiger partial charge in [-0.25, -0.2) is 44.9 Å². The van der Waals surface area contributed by atoms with Crippen LogP contribution in [0.2, 0.25) is 25.4 Å². The molecule has 8 heterocycles. The summed E-state index contributed by atoms with van der Waals surface area (Å²) in [5.74, 6) is 2.52. The fourth-order valence-corrected chi connectivity index (χ4v) is 12.8. The van der Waals surface area contributed by atoms with E-state index in [9.17, 15) is 29.4 Å². The fraction of sp³-hybridized carbons (Fsp3) is 0.338. The number of aliphatic hydroxyl groups excluding tert-OH is 4. The third-order valence-corrected chi connectivity index (χ3v) is 18.5. The maximum atomic E-state index is 12.8. The van der Waals surface area contributed by atoms with Crippen molar-refractivity contribution < 1.29 is 74.2 Å². The third kappa shape index (κ3) is 29.1. The maximum absolute atomic E-state index is 12.8. The minimum atomic E-state index is -0.638. The molecule has 2 aliphatic rings. The zero-order chi connectivity index (χ0) is 74.8. The van der Waals surface area contributed by atoms with Crippen LogP contribution in [-0.4, -0.2) is 188 Å². The number of piperazine rings is 2. The predicted octanol–water partition coefficient (Wildman–Crippen LogP) is 8.83. The molecule has 0 unspecified atom stereocenters. The van der Waals surface area contributed by atoms with Crippen molar-refractivity contribution in [1.82, 2.24) is 60.0 Å². The number of nitrogens with one attached hydrogen (secondary N) is 7. The summed E-state index contributed by atoms with van der Waals surface area (Å²) < 4.78 is 5.37. The van der Waals surface area contributed by atoms with E-state index in [1.807, 2.05) is 13.0 Å². The molecule has 2 fully saturated rings. The molecule has 0 saturated carbocycles. The summed E-state index contributed by atoms with van der Waals surface area (Å²) in [5.41, 5.74) is 2.14. The van der Waals surface area contributed by atoms with E-state index >= 15 is 0 Å². The first kappa shape index (κ1) is 92.4. The molecule has 0 atom stereocenters. The van der Waals surface area contributed by atoms with E-state index in [1.54, 1.807) is 101 Å². The quantitative estimate of drug-likeness (QED) is 0.0138. The molecule has 0 bridgehead atoms. The van der Waals surface area contributed by atoms with Gasteiger partial charge >= 0.3 is 24.8 Å². The second-order valence-electron chi connectivity index (χ2n) is 23.1. The fourth-order valence-electron chi connectivity index (χ4n) is 9.42. The van der Waals surface area contributed by atoms with E-state index in [2.05, 4.69) is 134 Å². The van der Waals surface area contributed by atoms with Crippen molar-refractivity contribution in [3.8, 4) is 0 Å². The molecule has 0 spiro atoms. The molecule has 14 N–H and O–H groups in total. The molecule has 0 aliphatic carbocycles. The number of aromatic nitrogens is 9. The second kappa shape index (κ2) is 46.5. The summed E-state index contributed by atoms with van der Waals surface area (Å²) in [4.78, 5) is 96.0. The standard InChI is InChI=1S/C22H26ClN7O3S.C21H21Cl2N5O3S.C16H13Cl2N5O2S.C6H14N2O.I2.Li.2H2O/c1-14-25-18(11-19(26-14)30-7-5-29(6-8-30)9-10-31)27-22-24-12-17(34-22)21(33)28-20-15(13-32)3-2-4-16(20)23;1-11-25-15(23)8-16(26-11)27-20-24-9-14(32-20)18(29)28-17-12(6-5-7-13(17)22)10-31-19(30)21(2,3)4;1-8-20-12(18)5-13(21-8)22-16-19-6-11(26-16)15(25)23-14-9(7-24)3-2-4-10(14)17;9-6-5-8-3-1-7-2-4-8;1-2;;;/h2-4,11-12,31-32H,5-10,13H2,1H3,(H,28,33)(H,24,25,26,27);5-9H,10H2,1-4H3,(H,28,29)(H,24,25,26,27);2-6,24H,7H2,1H3,(H,23,25)(H,19,20,21,22);7,9H,1-6H2;;;2*1H2/q;;;;;+1;;/p-1. The molecular weight excluding hydrogens is 1760 g/mol. The van der Waals surface area contributed by atoms with Gasteiger partial charge in [0.1, 0.15) is 72.3 Å². The largest absolute Gasteiger partial charge is 1.00 e. The molecule has 566 valence electrons. The predicted molar refractivity (Wildman–Crippen MR) is 432 cm³/mol. The summed E-state index contributed by atoms with van der Waals surface area (Å²) in [6.07, 6.45) is 4.36. The average molecular weight is 1830 g/mol. The number of rotatable bonds is 21. The Bertz CT molecular complexity index is 4270. The number of para-hydroxylation sites is 3. The van der Waals surface area contributed by atoms with E-state index in [4.69, 9.17) is 73.0 Å². The van der Waals surface area contributed by atoms with Crippen LogP contribution in [0.15, 0.2) is 91.4 Å². The Labute approximate surface area is 684 Å². The minimum absolute atomic E-state index is 0. The zero-order valence-electron chi connectivity index (χ0n) is 58.3.